The van der Waals surface area contributed by atoms with Crippen LogP contribution in [0.5, 0.6) is 0 Å². The summed E-state index contributed by atoms with van der Waals surface area (Å²) in [4.78, 5) is 16.7. The lowest BCUT2D eigenvalue weighted by atomic mass is 9.92. The average molecular weight is 241 g/mol. The standard InChI is InChI=1S/C13H27N3O/c1-10(2)16-9-13(3,4)8-15(5)11(6-7-14)12(16)17/h10-11H,6-9,14H2,1-5H3. The highest BCUT2D eigenvalue weighted by Crippen LogP contribution is 2.26. The monoisotopic (exact) mass is 241 g/mol. The van der Waals surface area contributed by atoms with Gasteiger partial charge in [-0.05, 0) is 39.3 Å². The van der Waals surface area contributed by atoms with Crippen molar-refractivity contribution in [2.45, 2.75) is 46.2 Å². The summed E-state index contributed by atoms with van der Waals surface area (Å²) in [6.45, 7) is 10.9. The lowest BCUT2D eigenvalue weighted by molar-refractivity contribution is -0.137. The molecule has 1 atom stereocenters. The van der Waals surface area contributed by atoms with E-state index in [9.17, 15) is 4.79 Å². The fourth-order valence-electron chi connectivity index (χ4n) is 2.69. The minimum absolute atomic E-state index is 0.0517. The van der Waals surface area contributed by atoms with Crippen molar-refractivity contribution in [3.8, 4) is 0 Å². The SMILES string of the molecule is CC(C)N1CC(C)(C)CN(C)C(CCN)C1=O. The molecule has 1 heterocycles. The Labute approximate surface area is 105 Å². The normalized spacial score (nSPS) is 26.4. The largest absolute Gasteiger partial charge is 0.338 e. The molecule has 0 saturated carbocycles. The van der Waals surface area contributed by atoms with Gasteiger partial charge in [0, 0.05) is 19.1 Å². The van der Waals surface area contributed by atoms with Gasteiger partial charge in [0.05, 0.1) is 6.04 Å². The Bertz CT molecular complexity index is 276. The quantitative estimate of drug-likeness (QED) is 0.799. The Morgan fingerprint density at radius 1 is 1.41 bits per heavy atom. The van der Waals surface area contributed by atoms with Crippen molar-refractivity contribution in [1.82, 2.24) is 9.80 Å². The van der Waals surface area contributed by atoms with Gasteiger partial charge in [0.2, 0.25) is 5.91 Å². The predicted octanol–water partition coefficient (Wildman–Crippen LogP) is 0.912. The van der Waals surface area contributed by atoms with Crippen LogP contribution in [0.3, 0.4) is 0 Å². The van der Waals surface area contributed by atoms with Gasteiger partial charge in [-0.3, -0.25) is 9.69 Å². The Kier molecular flexibility index (Phi) is 4.55. The van der Waals surface area contributed by atoms with Crippen LogP contribution in [0.1, 0.15) is 34.1 Å². The van der Waals surface area contributed by atoms with E-state index >= 15 is 0 Å². The number of carbonyl (C=O) groups excluding carboxylic acids is 1. The van der Waals surface area contributed by atoms with Gasteiger partial charge in [-0.2, -0.15) is 0 Å². The minimum Gasteiger partial charge on any atom is -0.338 e. The molecule has 1 fully saturated rings. The number of hydrogen-bond donors (Lipinski definition) is 1. The molecule has 4 heteroatoms. The molecule has 4 nitrogen and oxygen atoms in total. The first-order valence-electron chi connectivity index (χ1n) is 6.49. The van der Waals surface area contributed by atoms with Crippen LogP contribution in [-0.4, -0.2) is 54.5 Å². The van der Waals surface area contributed by atoms with E-state index in [0.717, 1.165) is 19.5 Å². The Hall–Kier alpha value is -0.610. The van der Waals surface area contributed by atoms with Gasteiger partial charge >= 0.3 is 0 Å². The van der Waals surface area contributed by atoms with Crippen LogP contribution in [0.4, 0.5) is 0 Å². The molecule has 1 rings (SSSR count). The molecule has 0 spiro atoms. The lowest BCUT2D eigenvalue weighted by Crippen LogP contribution is -2.47. The summed E-state index contributed by atoms with van der Waals surface area (Å²) in [7, 11) is 2.03. The zero-order chi connectivity index (χ0) is 13.2. The van der Waals surface area contributed by atoms with Gasteiger partial charge in [0.15, 0.2) is 0 Å². The minimum atomic E-state index is -0.0517. The number of rotatable bonds is 3. The average Bonchev–Trinajstić information content (AvgIpc) is 2.27. The molecule has 1 saturated heterocycles. The van der Waals surface area contributed by atoms with Crippen molar-refractivity contribution in [3.05, 3.63) is 0 Å². The number of likely N-dealkylation sites (N-methyl/N-ethyl adjacent to an activating group) is 1. The molecule has 0 radical (unpaired) electrons. The van der Waals surface area contributed by atoms with Crippen LogP contribution in [-0.2, 0) is 4.79 Å². The van der Waals surface area contributed by atoms with E-state index in [-0.39, 0.29) is 23.4 Å². The van der Waals surface area contributed by atoms with Crippen molar-refractivity contribution < 1.29 is 4.79 Å². The summed E-state index contributed by atoms with van der Waals surface area (Å²) in [5, 5.41) is 0. The van der Waals surface area contributed by atoms with Gasteiger partial charge < -0.3 is 10.6 Å². The molecule has 1 amide bonds. The fraction of sp³-hybridized carbons (Fsp3) is 0.923. The second kappa shape index (κ2) is 5.36. The first-order chi connectivity index (χ1) is 7.78. The van der Waals surface area contributed by atoms with Crippen molar-refractivity contribution in [2.75, 3.05) is 26.7 Å². The molecule has 0 aromatic carbocycles. The molecule has 0 aromatic rings. The highest BCUT2D eigenvalue weighted by molar-refractivity contribution is 5.82. The predicted molar refractivity (Wildman–Crippen MR) is 70.7 cm³/mol. The Balaban J connectivity index is 2.97. The van der Waals surface area contributed by atoms with E-state index in [0.29, 0.717) is 6.54 Å². The Morgan fingerprint density at radius 2 is 2.00 bits per heavy atom. The van der Waals surface area contributed by atoms with Gasteiger partial charge in [-0.25, -0.2) is 0 Å². The molecule has 0 bridgehead atoms. The maximum absolute atomic E-state index is 12.5. The zero-order valence-corrected chi connectivity index (χ0v) is 11.9. The first kappa shape index (κ1) is 14.5. The molecule has 2 N–H and O–H groups in total. The smallest absolute Gasteiger partial charge is 0.240 e. The van der Waals surface area contributed by atoms with Gasteiger partial charge in [-0.1, -0.05) is 13.8 Å². The van der Waals surface area contributed by atoms with E-state index in [1.165, 1.54) is 0 Å². The van der Waals surface area contributed by atoms with Gasteiger partial charge in [0.25, 0.3) is 0 Å². The number of hydrogen-bond acceptors (Lipinski definition) is 3. The van der Waals surface area contributed by atoms with Crippen LogP contribution in [0.25, 0.3) is 0 Å². The molecule has 1 aliphatic rings. The number of amides is 1. The van der Waals surface area contributed by atoms with Crippen molar-refractivity contribution >= 4 is 5.91 Å². The summed E-state index contributed by atoms with van der Waals surface area (Å²) in [6.07, 6.45) is 0.745. The van der Waals surface area contributed by atoms with E-state index in [4.69, 9.17) is 5.73 Å². The zero-order valence-electron chi connectivity index (χ0n) is 11.9. The highest BCUT2D eigenvalue weighted by atomic mass is 16.2. The summed E-state index contributed by atoms with van der Waals surface area (Å²) in [5.41, 5.74) is 5.76. The molecule has 1 aliphatic heterocycles. The van der Waals surface area contributed by atoms with E-state index in [2.05, 4.69) is 32.6 Å². The number of nitrogens with zero attached hydrogens (tertiary/aromatic N) is 2. The second-order valence-electron chi connectivity index (χ2n) is 6.23. The number of carbonyl (C=O) groups is 1. The van der Waals surface area contributed by atoms with E-state index in [1.54, 1.807) is 0 Å². The molecule has 17 heavy (non-hydrogen) atoms. The molecule has 0 aromatic heterocycles. The van der Waals surface area contributed by atoms with Crippen LogP contribution in [0.2, 0.25) is 0 Å². The summed E-state index contributed by atoms with van der Waals surface area (Å²) in [6, 6.07) is 0.206. The fourth-order valence-corrected chi connectivity index (χ4v) is 2.69. The molecular weight excluding hydrogens is 214 g/mol. The van der Waals surface area contributed by atoms with Crippen LogP contribution in [0.15, 0.2) is 0 Å². The molecule has 0 aliphatic carbocycles. The van der Waals surface area contributed by atoms with Crippen LogP contribution < -0.4 is 5.73 Å². The summed E-state index contributed by atoms with van der Waals surface area (Å²) >= 11 is 0. The van der Waals surface area contributed by atoms with Crippen LogP contribution >= 0.6 is 0 Å². The summed E-state index contributed by atoms with van der Waals surface area (Å²) in [5.74, 6) is 0.235. The third kappa shape index (κ3) is 3.42. The number of nitrogens with two attached hydrogens (primary N) is 1. The lowest BCUT2D eigenvalue weighted by Gasteiger charge is -2.32. The van der Waals surface area contributed by atoms with Crippen molar-refractivity contribution in [1.29, 1.82) is 0 Å². The van der Waals surface area contributed by atoms with E-state index in [1.807, 2.05) is 11.9 Å². The van der Waals surface area contributed by atoms with Crippen LogP contribution in [0, 0.1) is 5.41 Å². The van der Waals surface area contributed by atoms with Crippen molar-refractivity contribution in [3.63, 3.8) is 0 Å². The first-order valence-corrected chi connectivity index (χ1v) is 6.49. The van der Waals surface area contributed by atoms with Gasteiger partial charge in [0.1, 0.15) is 0 Å². The van der Waals surface area contributed by atoms with Crippen molar-refractivity contribution in [2.24, 2.45) is 11.1 Å². The highest BCUT2D eigenvalue weighted by Gasteiger charge is 2.38. The maximum Gasteiger partial charge on any atom is 0.240 e. The molecule has 100 valence electrons. The third-order valence-corrected chi connectivity index (χ3v) is 3.44. The van der Waals surface area contributed by atoms with E-state index < -0.39 is 0 Å². The molecular formula is C13H27N3O. The topological polar surface area (TPSA) is 49.6 Å². The Morgan fingerprint density at radius 3 is 2.47 bits per heavy atom. The summed E-state index contributed by atoms with van der Waals surface area (Å²) < 4.78 is 0. The third-order valence-electron chi connectivity index (χ3n) is 3.44. The maximum atomic E-state index is 12.5. The second-order valence-corrected chi connectivity index (χ2v) is 6.23. The molecule has 1 unspecified atom stereocenters. The van der Waals surface area contributed by atoms with Gasteiger partial charge in [-0.15, -0.1) is 0 Å².